The number of hydrogen-bond donors (Lipinski definition) is 1. The third kappa shape index (κ3) is 5.50. The molecule has 0 saturated carbocycles. The summed E-state index contributed by atoms with van der Waals surface area (Å²) in [5.74, 6) is 1.44. The van der Waals surface area contributed by atoms with Crippen molar-refractivity contribution in [1.82, 2.24) is 4.98 Å². The molecule has 1 aromatic heterocycles. The normalized spacial score (nSPS) is 11.0. The Balaban J connectivity index is 2.17. The van der Waals surface area contributed by atoms with E-state index >= 15 is 0 Å². The molecule has 2 aromatic rings. The van der Waals surface area contributed by atoms with Crippen molar-refractivity contribution in [2.45, 2.75) is 33.6 Å². The molecule has 0 amide bonds. The van der Waals surface area contributed by atoms with Crippen LogP contribution in [0, 0.1) is 18.3 Å². The number of ether oxygens (including phenoxy) is 2. The average Bonchev–Trinajstić information content (AvgIpc) is 3.05. The number of benzene rings is 1. The van der Waals surface area contributed by atoms with Crippen LogP contribution in [0.15, 0.2) is 29.8 Å². The third-order valence-corrected chi connectivity index (χ3v) is 4.21. The first-order chi connectivity index (χ1) is 12.2. The maximum absolute atomic E-state index is 9.34. The summed E-state index contributed by atoms with van der Waals surface area (Å²) in [6.07, 6.45) is 3.53. The standard InChI is InChI=1S/C19H23N3O2S/c1-4-8-23-17-7-6-16(10-18(17)24-9-5-2)21-12-15(11-20)19-22-14(3)13-25-19/h6-7,10,12-13,21H,4-5,8-9H2,1-3H3/b15-12+. The van der Waals surface area contributed by atoms with Crippen molar-refractivity contribution in [3.63, 3.8) is 0 Å². The minimum Gasteiger partial charge on any atom is -0.490 e. The van der Waals surface area contributed by atoms with E-state index in [2.05, 4.69) is 30.2 Å². The summed E-state index contributed by atoms with van der Waals surface area (Å²) in [5.41, 5.74) is 2.24. The molecule has 0 radical (unpaired) electrons. The summed E-state index contributed by atoms with van der Waals surface area (Å²) in [6, 6.07) is 7.86. The zero-order chi connectivity index (χ0) is 18.1. The minimum atomic E-state index is 0.500. The highest BCUT2D eigenvalue weighted by molar-refractivity contribution is 7.10. The molecule has 0 aliphatic heterocycles. The van der Waals surface area contributed by atoms with E-state index in [9.17, 15) is 5.26 Å². The van der Waals surface area contributed by atoms with Gasteiger partial charge in [-0.25, -0.2) is 4.98 Å². The molecule has 5 nitrogen and oxygen atoms in total. The van der Waals surface area contributed by atoms with Gasteiger partial charge in [0.05, 0.1) is 13.2 Å². The molecule has 1 aromatic carbocycles. The predicted molar refractivity (Wildman–Crippen MR) is 102 cm³/mol. The van der Waals surface area contributed by atoms with E-state index in [1.165, 1.54) is 11.3 Å². The molecule has 0 aliphatic rings. The van der Waals surface area contributed by atoms with Crippen molar-refractivity contribution in [2.75, 3.05) is 18.5 Å². The summed E-state index contributed by atoms with van der Waals surface area (Å²) in [6.45, 7) is 7.32. The lowest BCUT2D eigenvalue weighted by Crippen LogP contribution is -2.02. The van der Waals surface area contributed by atoms with Gasteiger partial charge in [-0.05, 0) is 31.9 Å². The van der Waals surface area contributed by atoms with E-state index in [0.29, 0.717) is 29.5 Å². The molecule has 0 fully saturated rings. The van der Waals surface area contributed by atoms with Crippen LogP contribution in [0.1, 0.15) is 37.4 Å². The van der Waals surface area contributed by atoms with E-state index in [1.54, 1.807) is 6.20 Å². The van der Waals surface area contributed by atoms with Crippen LogP contribution in [0.5, 0.6) is 11.5 Å². The van der Waals surface area contributed by atoms with Crippen LogP contribution in [0.2, 0.25) is 0 Å². The highest BCUT2D eigenvalue weighted by Crippen LogP contribution is 2.31. The second-order valence-corrected chi connectivity index (χ2v) is 6.32. The van der Waals surface area contributed by atoms with Gasteiger partial charge in [0, 0.05) is 29.0 Å². The van der Waals surface area contributed by atoms with Gasteiger partial charge in [0.1, 0.15) is 16.6 Å². The van der Waals surface area contributed by atoms with Crippen LogP contribution >= 0.6 is 11.3 Å². The largest absolute Gasteiger partial charge is 0.490 e. The van der Waals surface area contributed by atoms with E-state index < -0.39 is 0 Å². The Bertz CT molecular complexity index is 762. The molecule has 0 spiro atoms. The Kier molecular flexibility index (Phi) is 7.30. The summed E-state index contributed by atoms with van der Waals surface area (Å²) in [7, 11) is 0. The fourth-order valence-corrected chi connectivity index (χ4v) is 2.79. The van der Waals surface area contributed by atoms with Crippen LogP contribution in [0.25, 0.3) is 5.57 Å². The molecule has 1 N–H and O–H groups in total. The number of nitrogens with one attached hydrogen (secondary N) is 1. The van der Waals surface area contributed by atoms with Gasteiger partial charge in [0.2, 0.25) is 0 Å². The molecule has 0 aliphatic carbocycles. The number of aryl methyl sites for hydroxylation is 1. The molecule has 0 saturated heterocycles. The molecule has 0 bridgehead atoms. The van der Waals surface area contributed by atoms with Crippen molar-refractivity contribution in [2.24, 2.45) is 0 Å². The number of nitrogens with zero attached hydrogens (tertiary/aromatic N) is 2. The first-order valence-corrected chi connectivity index (χ1v) is 9.24. The van der Waals surface area contributed by atoms with Gasteiger partial charge in [-0.3, -0.25) is 0 Å². The lowest BCUT2D eigenvalue weighted by atomic mass is 10.2. The average molecular weight is 357 g/mol. The van der Waals surface area contributed by atoms with Crippen LogP contribution in [-0.2, 0) is 0 Å². The van der Waals surface area contributed by atoms with Crippen molar-refractivity contribution < 1.29 is 9.47 Å². The zero-order valence-corrected chi connectivity index (χ0v) is 15.7. The quantitative estimate of drug-likeness (QED) is 0.639. The van der Waals surface area contributed by atoms with Gasteiger partial charge in [0.25, 0.3) is 0 Å². The van der Waals surface area contributed by atoms with Crippen LogP contribution in [0.4, 0.5) is 5.69 Å². The van der Waals surface area contributed by atoms with Crippen molar-refractivity contribution in [3.05, 3.63) is 40.5 Å². The minimum absolute atomic E-state index is 0.500. The van der Waals surface area contributed by atoms with Crippen molar-refractivity contribution in [1.29, 1.82) is 5.26 Å². The first-order valence-electron chi connectivity index (χ1n) is 8.36. The number of allylic oxidation sites excluding steroid dienone is 1. The summed E-state index contributed by atoms with van der Waals surface area (Å²) in [5, 5.41) is 15.1. The Hall–Kier alpha value is -2.52. The second kappa shape index (κ2) is 9.70. The molecule has 0 atom stereocenters. The Labute approximate surface area is 152 Å². The van der Waals surface area contributed by atoms with Crippen molar-refractivity contribution >= 4 is 22.6 Å². The van der Waals surface area contributed by atoms with Gasteiger partial charge in [-0.1, -0.05) is 13.8 Å². The third-order valence-electron chi connectivity index (χ3n) is 3.22. The molecule has 132 valence electrons. The summed E-state index contributed by atoms with van der Waals surface area (Å²) < 4.78 is 11.5. The lowest BCUT2D eigenvalue weighted by Gasteiger charge is -2.13. The fraction of sp³-hybridized carbons (Fsp3) is 0.368. The van der Waals surface area contributed by atoms with E-state index in [-0.39, 0.29) is 0 Å². The molecule has 1 heterocycles. The van der Waals surface area contributed by atoms with Crippen LogP contribution in [-0.4, -0.2) is 18.2 Å². The number of aromatic nitrogens is 1. The number of nitriles is 1. The molecule has 6 heteroatoms. The Morgan fingerprint density at radius 1 is 1.24 bits per heavy atom. The maximum atomic E-state index is 9.34. The number of rotatable bonds is 9. The highest BCUT2D eigenvalue weighted by Gasteiger charge is 2.08. The first kappa shape index (κ1) is 18.8. The SMILES string of the molecule is CCCOc1ccc(N/C=C(\C#N)c2nc(C)cs2)cc1OCCC. The number of hydrogen-bond acceptors (Lipinski definition) is 6. The Morgan fingerprint density at radius 2 is 1.96 bits per heavy atom. The van der Waals surface area contributed by atoms with Gasteiger partial charge >= 0.3 is 0 Å². The van der Waals surface area contributed by atoms with Gasteiger partial charge in [-0.15, -0.1) is 11.3 Å². The number of anilines is 1. The summed E-state index contributed by atoms with van der Waals surface area (Å²) >= 11 is 1.46. The maximum Gasteiger partial charge on any atom is 0.163 e. The Morgan fingerprint density at radius 3 is 2.56 bits per heavy atom. The van der Waals surface area contributed by atoms with E-state index in [4.69, 9.17) is 9.47 Å². The smallest absolute Gasteiger partial charge is 0.163 e. The molecule has 2 rings (SSSR count). The van der Waals surface area contributed by atoms with E-state index in [0.717, 1.165) is 30.0 Å². The zero-order valence-electron chi connectivity index (χ0n) is 14.8. The predicted octanol–water partition coefficient (Wildman–Crippen LogP) is 5.01. The van der Waals surface area contributed by atoms with E-state index in [1.807, 2.05) is 30.5 Å². The highest BCUT2D eigenvalue weighted by atomic mass is 32.1. The molecular formula is C19H23N3O2S. The van der Waals surface area contributed by atoms with Gasteiger partial charge in [-0.2, -0.15) is 5.26 Å². The second-order valence-electron chi connectivity index (χ2n) is 5.47. The lowest BCUT2D eigenvalue weighted by molar-refractivity contribution is 0.268. The fourth-order valence-electron chi connectivity index (χ4n) is 2.03. The topological polar surface area (TPSA) is 67.2 Å². The monoisotopic (exact) mass is 357 g/mol. The molecule has 0 unspecified atom stereocenters. The van der Waals surface area contributed by atoms with Crippen LogP contribution < -0.4 is 14.8 Å². The summed E-state index contributed by atoms with van der Waals surface area (Å²) in [4.78, 5) is 4.34. The molecule has 25 heavy (non-hydrogen) atoms. The molecular weight excluding hydrogens is 334 g/mol. The number of thiazole rings is 1. The van der Waals surface area contributed by atoms with Crippen molar-refractivity contribution in [3.8, 4) is 17.6 Å². The van der Waals surface area contributed by atoms with Gasteiger partial charge in [0.15, 0.2) is 11.5 Å². The van der Waals surface area contributed by atoms with Gasteiger partial charge < -0.3 is 14.8 Å². The van der Waals surface area contributed by atoms with Crippen LogP contribution in [0.3, 0.4) is 0 Å².